The van der Waals surface area contributed by atoms with E-state index in [0.717, 1.165) is 16.8 Å². The molecule has 144 valence electrons. The summed E-state index contributed by atoms with van der Waals surface area (Å²) in [6, 6.07) is 15.8. The van der Waals surface area contributed by atoms with E-state index in [4.69, 9.17) is 0 Å². The molecule has 8 heteroatoms. The third-order valence-electron chi connectivity index (χ3n) is 4.62. The highest BCUT2D eigenvalue weighted by Gasteiger charge is 2.15. The lowest BCUT2D eigenvalue weighted by atomic mass is 10.1. The molecular weight excluding hydrogens is 370 g/mol. The molecule has 0 fully saturated rings. The van der Waals surface area contributed by atoms with Crippen LogP contribution in [0.5, 0.6) is 0 Å². The number of para-hydroxylation sites is 1. The van der Waals surface area contributed by atoms with Crippen LogP contribution in [-0.4, -0.2) is 25.6 Å². The number of fused-ring (bicyclic) bond motifs is 1. The number of nitro benzene ring substituents is 1. The Kier molecular flexibility index (Phi) is 4.52. The molecule has 0 aliphatic carbocycles. The zero-order valence-corrected chi connectivity index (χ0v) is 15.8. The van der Waals surface area contributed by atoms with Crippen LogP contribution in [-0.2, 0) is 0 Å². The van der Waals surface area contributed by atoms with Crippen LogP contribution in [0.3, 0.4) is 0 Å². The summed E-state index contributed by atoms with van der Waals surface area (Å²) >= 11 is 0. The zero-order valence-electron chi connectivity index (χ0n) is 15.8. The van der Waals surface area contributed by atoms with Crippen molar-refractivity contribution >= 4 is 28.3 Å². The molecule has 2 heterocycles. The number of nitro groups is 1. The fraction of sp³-hybridized carbons (Fsp3) is 0.0952. The van der Waals surface area contributed by atoms with E-state index in [1.165, 1.54) is 18.2 Å². The van der Waals surface area contributed by atoms with Crippen LogP contribution in [0.1, 0.15) is 21.6 Å². The molecule has 0 unspecified atom stereocenters. The minimum atomic E-state index is -0.470. The molecule has 29 heavy (non-hydrogen) atoms. The van der Waals surface area contributed by atoms with Gasteiger partial charge in [0.15, 0.2) is 5.65 Å². The molecule has 1 amide bonds. The molecule has 4 rings (SSSR count). The van der Waals surface area contributed by atoms with E-state index in [0.29, 0.717) is 22.5 Å². The van der Waals surface area contributed by atoms with Gasteiger partial charge in [0.1, 0.15) is 0 Å². The Morgan fingerprint density at radius 2 is 1.86 bits per heavy atom. The fourth-order valence-corrected chi connectivity index (χ4v) is 3.17. The molecule has 0 saturated carbocycles. The van der Waals surface area contributed by atoms with Crippen molar-refractivity contribution in [3.8, 4) is 5.69 Å². The number of aromatic nitrogens is 3. The minimum absolute atomic E-state index is 0.0198. The quantitative estimate of drug-likeness (QED) is 0.418. The number of hydrogen-bond donors (Lipinski definition) is 1. The summed E-state index contributed by atoms with van der Waals surface area (Å²) in [5.74, 6) is -0.364. The van der Waals surface area contributed by atoms with Gasteiger partial charge in [0, 0.05) is 22.6 Å². The first-order valence-electron chi connectivity index (χ1n) is 8.91. The van der Waals surface area contributed by atoms with E-state index in [1.54, 1.807) is 17.8 Å². The molecule has 1 N–H and O–H groups in total. The number of rotatable bonds is 4. The Labute approximate surface area is 166 Å². The average Bonchev–Trinajstić information content (AvgIpc) is 3.04. The van der Waals surface area contributed by atoms with Crippen molar-refractivity contribution in [3.05, 3.63) is 87.7 Å². The van der Waals surface area contributed by atoms with Crippen molar-refractivity contribution in [2.24, 2.45) is 0 Å². The van der Waals surface area contributed by atoms with E-state index >= 15 is 0 Å². The lowest BCUT2D eigenvalue weighted by Gasteiger charge is -2.07. The first-order chi connectivity index (χ1) is 13.9. The van der Waals surface area contributed by atoms with Crippen LogP contribution in [0, 0.1) is 24.0 Å². The predicted molar refractivity (Wildman–Crippen MR) is 109 cm³/mol. The molecule has 0 atom stereocenters. The summed E-state index contributed by atoms with van der Waals surface area (Å²) in [5, 5.41) is 19.1. The standard InChI is InChI=1S/C21H17N5O3/c1-13-10-15(8-9-19(13)26(28)29)21(27)23-16-11-18-14(2)24-25(20(18)22-12-16)17-6-4-3-5-7-17/h3-12H,1-2H3,(H,23,27). The number of pyridine rings is 1. The van der Waals surface area contributed by atoms with Gasteiger partial charge in [-0.1, -0.05) is 18.2 Å². The summed E-state index contributed by atoms with van der Waals surface area (Å²) in [4.78, 5) is 27.5. The highest BCUT2D eigenvalue weighted by molar-refractivity contribution is 6.05. The molecular formula is C21H17N5O3. The molecule has 0 aliphatic heterocycles. The third kappa shape index (κ3) is 3.43. The fourth-order valence-electron chi connectivity index (χ4n) is 3.17. The van der Waals surface area contributed by atoms with Gasteiger partial charge in [-0.2, -0.15) is 5.10 Å². The maximum Gasteiger partial charge on any atom is 0.272 e. The highest BCUT2D eigenvalue weighted by atomic mass is 16.6. The van der Waals surface area contributed by atoms with Crippen molar-refractivity contribution in [3.63, 3.8) is 0 Å². The predicted octanol–water partition coefficient (Wildman–Crippen LogP) is 4.20. The topological polar surface area (TPSA) is 103 Å². The molecule has 2 aromatic carbocycles. The number of amides is 1. The van der Waals surface area contributed by atoms with Crippen LogP contribution >= 0.6 is 0 Å². The van der Waals surface area contributed by atoms with Crippen LogP contribution in [0.2, 0.25) is 0 Å². The zero-order chi connectivity index (χ0) is 20.5. The van der Waals surface area contributed by atoms with Crippen molar-refractivity contribution in [2.75, 3.05) is 5.32 Å². The van der Waals surface area contributed by atoms with Gasteiger partial charge in [-0.05, 0) is 44.2 Å². The first-order valence-corrected chi connectivity index (χ1v) is 8.91. The average molecular weight is 387 g/mol. The number of anilines is 1. The van der Waals surface area contributed by atoms with Gasteiger partial charge in [-0.3, -0.25) is 14.9 Å². The maximum atomic E-state index is 12.6. The van der Waals surface area contributed by atoms with Gasteiger partial charge in [-0.25, -0.2) is 9.67 Å². The third-order valence-corrected chi connectivity index (χ3v) is 4.62. The lowest BCUT2D eigenvalue weighted by Crippen LogP contribution is -2.12. The Balaban J connectivity index is 1.64. The second-order valence-electron chi connectivity index (χ2n) is 6.64. The largest absolute Gasteiger partial charge is 0.321 e. The number of nitrogens with zero attached hydrogens (tertiary/aromatic N) is 4. The Bertz CT molecular complexity index is 1250. The van der Waals surface area contributed by atoms with Gasteiger partial charge < -0.3 is 5.32 Å². The molecule has 0 bridgehead atoms. The van der Waals surface area contributed by atoms with Gasteiger partial charge in [0.2, 0.25) is 0 Å². The van der Waals surface area contributed by atoms with Crippen LogP contribution < -0.4 is 5.32 Å². The number of aryl methyl sites for hydroxylation is 2. The van der Waals surface area contributed by atoms with Crippen LogP contribution in [0.4, 0.5) is 11.4 Å². The Hall–Kier alpha value is -4.07. The minimum Gasteiger partial charge on any atom is -0.321 e. The Morgan fingerprint density at radius 1 is 1.10 bits per heavy atom. The van der Waals surface area contributed by atoms with Crippen molar-refractivity contribution < 1.29 is 9.72 Å². The summed E-state index contributed by atoms with van der Waals surface area (Å²) < 4.78 is 1.76. The maximum absolute atomic E-state index is 12.6. The summed E-state index contributed by atoms with van der Waals surface area (Å²) in [7, 11) is 0. The molecule has 4 aromatic rings. The van der Waals surface area contributed by atoms with Gasteiger partial charge in [0.25, 0.3) is 11.6 Å². The summed E-state index contributed by atoms with van der Waals surface area (Å²) in [6.45, 7) is 3.48. The number of nitrogens with one attached hydrogen (secondary N) is 1. The van der Waals surface area contributed by atoms with E-state index in [-0.39, 0.29) is 11.6 Å². The van der Waals surface area contributed by atoms with Crippen molar-refractivity contribution in [2.45, 2.75) is 13.8 Å². The molecule has 0 radical (unpaired) electrons. The summed E-state index contributed by atoms with van der Waals surface area (Å²) in [6.07, 6.45) is 1.57. The number of carbonyl (C=O) groups excluding carboxylic acids is 1. The van der Waals surface area contributed by atoms with E-state index in [2.05, 4.69) is 15.4 Å². The smallest absolute Gasteiger partial charge is 0.272 e. The van der Waals surface area contributed by atoms with Gasteiger partial charge >= 0.3 is 0 Å². The Morgan fingerprint density at radius 3 is 2.55 bits per heavy atom. The number of carbonyl (C=O) groups is 1. The first kappa shape index (κ1) is 18.3. The molecule has 8 nitrogen and oxygen atoms in total. The molecule has 0 saturated heterocycles. The van der Waals surface area contributed by atoms with E-state index < -0.39 is 4.92 Å². The van der Waals surface area contributed by atoms with E-state index in [9.17, 15) is 14.9 Å². The van der Waals surface area contributed by atoms with Gasteiger partial charge in [0.05, 0.1) is 28.2 Å². The van der Waals surface area contributed by atoms with Crippen molar-refractivity contribution in [1.82, 2.24) is 14.8 Å². The highest BCUT2D eigenvalue weighted by Crippen LogP contribution is 2.24. The number of benzene rings is 2. The number of hydrogen-bond acceptors (Lipinski definition) is 5. The molecule has 2 aromatic heterocycles. The second kappa shape index (κ2) is 7.16. The SMILES string of the molecule is Cc1cc(C(=O)Nc2cnc3c(c2)c(C)nn3-c2ccccc2)ccc1[N+](=O)[O-]. The van der Waals surface area contributed by atoms with Gasteiger partial charge in [-0.15, -0.1) is 0 Å². The lowest BCUT2D eigenvalue weighted by molar-refractivity contribution is -0.385. The second-order valence-corrected chi connectivity index (χ2v) is 6.64. The van der Waals surface area contributed by atoms with Crippen molar-refractivity contribution in [1.29, 1.82) is 0 Å². The molecule has 0 spiro atoms. The van der Waals surface area contributed by atoms with Crippen LogP contribution in [0.25, 0.3) is 16.7 Å². The monoisotopic (exact) mass is 387 g/mol. The normalized spacial score (nSPS) is 10.8. The molecule has 0 aliphatic rings. The van der Waals surface area contributed by atoms with Crippen LogP contribution in [0.15, 0.2) is 60.8 Å². The summed E-state index contributed by atoms with van der Waals surface area (Å²) in [5.41, 5.74) is 3.65. The van der Waals surface area contributed by atoms with E-state index in [1.807, 2.05) is 43.3 Å².